The van der Waals surface area contributed by atoms with Crippen molar-refractivity contribution in [1.82, 2.24) is 0 Å². The van der Waals surface area contributed by atoms with E-state index in [9.17, 15) is 0 Å². The van der Waals surface area contributed by atoms with Gasteiger partial charge in [0, 0.05) is 17.8 Å². The lowest BCUT2D eigenvalue weighted by Gasteiger charge is -2.03. The first-order chi connectivity index (χ1) is 8.33. The highest BCUT2D eigenvalue weighted by Gasteiger charge is 1.93. The number of hydrogen-bond donors (Lipinski definition) is 0. The molecular weight excluding hydrogens is 232 g/mol. The van der Waals surface area contributed by atoms with Gasteiger partial charge in [0.05, 0.1) is 19.8 Å². The molecule has 0 aliphatic heterocycles. The SMILES string of the molecule is CC.COCCOCCSc1ccc(C)cc1. The summed E-state index contributed by atoms with van der Waals surface area (Å²) in [5.41, 5.74) is 1.30. The van der Waals surface area contributed by atoms with Gasteiger partial charge < -0.3 is 9.47 Å². The second-order valence-corrected chi connectivity index (χ2v) is 4.44. The Kier molecular flexibility index (Phi) is 11.6. The molecule has 0 atom stereocenters. The number of benzene rings is 1. The monoisotopic (exact) mass is 256 g/mol. The lowest BCUT2D eigenvalue weighted by Crippen LogP contribution is -2.04. The summed E-state index contributed by atoms with van der Waals surface area (Å²) in [7, 11) is 1.68. The summed E-state index contributed by atoms with van der Waals surface area (Å²) in [4.78, 5) is 1.30. The summed E-state index contributed by atoms with van der Waals surface area (Å²) in [6.45, 7) is 8.24. The van der Waals surface area contributed by atoms with Crippen LogP contribution in [-0.4, -0.2) is 32.7 Å². The van der Waals surface area contributed by atoms with Gasteiger partial charge in [-0.2, -0.15) is 0 Å². The molecule has 0 fully saturated rings. The fraction of sp³-hybridized carbons (Fsp3) is 0.571. The second-order valence-electron chi connectivity index (χ2n) is 3.27. The van der Waals surface area contributed by atoms with Crippen LogP contribution in [0.25, 0.3) is 0 Å². The number of methoxy groups -OCH3 is 1. The summed E-state index contributed by atoms with van der Waals surface area (Å²) in [5, 5.41) is 0. The molecule has 2 nitrogen and oxygen atoms in total. The largest absolute Gasteiger partial charge is 0.382 e. The van der Waals surface area contributed by atoms with Crippen LogP contribution >= 0.6 is 11.8 Å². The quantitative estimate of drug-likeness (QED) is 0.546. The highest BCUT2D eigenvalue weighted by molar-refractivity contribution is 7.99. The Labute approximate surface area is 110 Å². The Morgan fingerprint density at radius 1 is 1.00 bits per heavy atom. The van der Waals surface area contributed by atoms with E-state index in [0.29, 0.717) is 13.2 Å². The van der Waals surface area contributed by atoms with Gasteiger partial charge in [-0.05, 0) is 19.1 Å². The second kappa shape index (κ2) is 12.0. The van der Waals surface area contributed by atoms with Crippen molar-refractivity contribution >= 4 is 11.8 Å². The fourth-order valence-electron chi connectivity index (χ4n) is 1.10. The molecule has 17 heavy (non-hydrogen) atoms. The third kappa shape index (κ3) is 9.22. The first-order valence-electron chi connectivity index (χ1n) is 6.09. The van der Waals surface area contributed by atoms with Crippen LogP contribution in [0.2, 0.25) is 0 Å². The van der Waals surface area contributed by atoms with Gasteiger partial charge >= 0.3 is 0 Å². The molecule has 0 spiro atoms. The van der Waals surface area contributed by atoms with Gasteiger partial charge in [-0.25, -0.2) is 0 Å². The van der Waals surface area contributed by atoms with Crippen LogP contribution in [0.5, 0.6) is 0 Å². The Morgan fingerprint density at radius 2 is 1.65 bits per heavy atom. The van der Waals surface area contributed by atoms with Gasteiger partial charge in [-0.3, -0.25) is 0 Å². The van der Waals surface area contributed by atoms with E-state index in [4.69, 9.17) is 9.47 Å². The van der Waals surface area contributed by atoms with Gasteiger partial charge in [0.15, 0.2) is 0 Å². The summed E-state index contributed by atoms with van der Waals surface area (Å²) in [6, 6.07) is 8.56. The van der Waals surface area contributed by atoms with Crippen LogP contribution in [0.1, 0.15) is 19.4 Å². The summed E-state index contributed by atoms with van der Waals surface area (Å²) >= 11 is 1.82. The van der Waals surface area contributed by atoms with Crippen LogP contribution in [0, 0.1) is 6.92 Å². The minimum Gasteiger partial charge on any atom is -0.382 e. The first-order valence-corrected chi connectivity index (χ1v) is 7.07. The van der Waals surface area contributed by atoms with Crippen LogP contribution in [0.4, 0.5) is 0 Å². The Morgan fingerprint density at radius 3 is 2.24 bits per heavy atom. The molecule has 1 aromatic carbocycles. The molecule has 98 valence electrons. The third-order valence-electron chi connectivity index (χ3n) is 1.95. The standard InChI is InChI=1S/C12H18O2S.C2H6/c1-11-3-5-12(6-4-11)15-10-9-14-8-7-13-2;1-2/h3-6H,7-10H2,1-2H3;1-2H3. The number of hydrogen-bond acceptors (Lipinski definition) is 3. The average Bonchev–Trinajstić information content (AvgIpc) is 2.38. The van der Waals surface area contributed by atoms with E-state index in [1.165, 1.54) is 10.5 Å². The molecule has 0 saturated heterocycles. The third-order valence-corrected chi connectivity index (χ3v) is 2.93. The Balaban J connectivity index is 0.00000121. The molecule has 0 aliphatic rings. The predicted molar refractivity (Wildman–Crippen MR) is 75.9 cm³/mol. The summed E-state index contributed by atoms with van der Waals surface area (Å²) in [5.74, 6) is 0.993. The smallest absolute Gasteiger partial charge is 0.0700 e. The highest BCUT2D eigenvalue weighted by Crippen LogP contribution is 2.17. The number of aryl methyl sites for hydroxylation is 1. The van der Waals surface area contributed by atoms with E-state index in [-0.39, 0.29) is 0 Å². The van der Waals surface area contributed by atoms with E-state index in [1.807, 2.05) is 25.6 Å². The Bertz CT molecular complexity index is 259. The lowest BCUT2D eigenvalue weighted by atomic mass is 10.2. The molecule has 3 heteroatoms. The van der Waals surface area contributed by atoms with Crippen molar-refractivity contribution in [1.29, 1.82) is 0 Å². The van der Waals surface area contributed by atoms with Crippen LogP contribution in [0.3, 0.4) is 0 Å². The normalized spacial score (nSPS) is 9.65. The molecule has 0 unspecified atom stereocenters. The van der Waals surface area contributed by atoms with Gasteiger partial charge in [-0.15, -0.1) is 11.8 Å². The molecule has 0 aliphatic carbocycles. The van der Waals surface area contributed by atoms with Crippen LogP contribution < -0.4 is 0 Å². The molecule has 0 N–H and O–H groups in total. The van der Waals surface area contributed by atoms with E-state index in [2.05, 4.69) is 31.2 Å². The van der Waals surface area contributed by atoms with Gasteiger partial charge in [0.1, 0.15) is 0 Å². The van der Waals surface area contributed by atoms with Crippen molar-refractivity contribution in [2.75, 3.05) is 32.7 Å². The maximum Gasteiger partial charge on any atom is 0.0700 e. The predicted octanol–water partition coefficient (Wildman–Crippen LogP) is 3.78. The van der Waals surface area contributed by atoms with Crippen LogP contribution in [-0.2, 0) is 9.47 Å². The molecular formula is C14H24O2S. The van der Waals surface area contributed by atoms with Gasteiger partial charge in [0.25, 0.3) is 0 Å². The molecule has 1 aromatic rings. The van der Waals surface area contributed by atoms with Crippen molar-refractivity contribution in [3.63, 3.8) is 0 Å². The fourth-order valence-corrected chi connectivity index (χ4v) is 1.86. The topological polar surface area (TPSA) is 18.5 Å². The van der Waals surface area contributed by atoms with Gasteiger partial charge in [0.2, 0.25) is 0 Å². The van der Waals surface area contributed by atoms with E-state index >= 15 is 0 Å². The van der Waals surface area contributed by atoms with E-state index < -0.39 is 0 Å². The lowest BCUT2D eigenvalue weighted by molar-refractivity contribution is 0.0790. The molecule has 0 heterocycles. The zero-order valence-electron chi connectivity index (χ0n) is 11.4. The van der Waals surface area contributed by atoms with Crippen LogP contribution in [0.15, 0.2) is 29.2 Å². The Hall–Kier alpha value is -0.510. The molecule has 1 rings (SSSR count). The van der Waals surface area contributed by atoms with Crippen molar-refractivity contribution in [2.24, 2.45) is 0 Å². The first kappa shape index (κ1) is 16.5. The van der Waals surface area contributed by atoms with Crippen molar-refractivity contribution in [3.05, 3.63) is 29.8 Å². The minimum atomic E-state index is 0.676. The van der Waals surface area contributed by atoms with Crippen molar-refractivity contribution in [2.45, 2.75) is 25.7 Å². The van der Waals surface area contributed by atoms with Gasteiger partial charge in [-0.1, -0.05) is 31.5 Å². The maximum atomic E-state index is 5.37. The number of ether oxygens (including phenoxy) is 2. The number of rotatable bonds is 7. The average molecular weight is 256 g/mol. The number of thioether (sulfide) groups is 1. The molecule has 0 radical (unpaired) electrons. The highest BCUT2D eigenvalue weighted by atomic mass is 32.2. The molecule has 0 aromatic heterocycles. The zero-order valence-corrected chi connectivity index (χ0v) is 12.2. The molecule has 0 saturated carbocycles. The zero-order chi connectivity index (χ0) is 12.9. The minimum absolute atomic E-state index is 0.676. The van der Waals surface area contributed by atoms with Crippen molar-refractivity contribution in [3.8, 4) is 0 Å². The van der Waals surface area contributed by atoms with E-state index in [1.54, 1.807) is 7.11 Å². The van der Waals surface area contributed by atoms with Crippen molar-refractivity contribution < 1.29 is 9.47 Å². The van der Waals surface area contributed by atoms with E-state index in [0.717, 1.165) is 12.4 Å². The maximum absolute atomic E-state index is 5.37. The molecule has 0 bridgehead atoms. The summed E-state index contributed by atoms with van der Waals surface area (Å²) in [6.07, 6.45) is 0. The summed E-state index contributed by atoms with van der Waals surface area (Å²) < 4.78 is 10.3. The molecule has 0 amide bonds.